The van der Waals surface area contributed by atoms with Crippen LogP contribution in [-0.4, -0.2) is 49.7 Å². The molecular formula is C10H13N3O5S. The lowest BCUT2D eigenvalue weighted by Gasteiger charge is -2.09. The Balaban J connectivity index is 2.69. The Bertz CT molecular complexity index is 585. The second kappa shape index (κ2) is 6.14. The van der Waals surface area contributed by atoms with Crippen LogP contribution in [0, 0.1) is 0 Å². The summed E-state index contributed by atoms with van der Waals surface area (Å²) in [5.41, 5.74) is 0. The first-order valence-corrected chi connectivity index (χ1v) is 7.07. The molecule has 0 atom stereocenters. The summed E-state index contributed by atoms with van der Waals surface area (Å²) in [4.78, 5) is 25.3. The van der Waals surface area contributed by atoms with E-state index in [-0.39, 0.29) is 17.3 Å². The molecule has 0 fully saturated rings. The minimum Gasteiger partial charge on any atom is -0.480 e. The zero-order valence-corrected chi connectivity index (χ0v) is 10.9. The highest BCUT2D eigenvalue weighted by Crippen LogP contribution is 2.16. The number of aromatic nitrogens is 1. The summed E-state index contributed by atoms with van der Waals surface area (Å²) in [6, 6.07) is 2.83. The van der Waals surface area contributed by atoms with E-state index in [1.807, 2.05) is 0 Å². The molecule has 0 bridgehead atoms. The molecule has 1 rings (SSSR count). The molecule has 0 saturated heterocycles. The van der Waals surface area contributed by atoms with Gasteiger partial charge in [-0.3, -0.25) is 9.59 Å². The number of pyridine rings is 1. The first-order valence-electron chi connectivity index (χ1n) is 5.18. The molecule has 0 aliphatic heterocycles. The van der Waals surface area contributed by atoms with Crippen molar-refractivity contribution in [1.82, 2.24) is 10.3 Å². The standard InChI is InChI=1S/C10H13N3O5S/c1-19(17,18)7-3-2-4-11-10(7)13-5-8(14)12-6-9(15)16/h2-4H,5-6H2,1H3,(H,11,13)(H,12,14)(H,15,16). The van der Waals surface area contributed by atoms with E-state index < -0.39 is 28.3 Å². The number of aliphatic carboxylic acids is 1. The molecule has 9 heteroatoms. The van der Waals surface area contributed by atoms with Crippen LogP contribution >= 0.6 is 0 Å². The van der Waals surface area contributed by atoms with Gasteiger partial charge in [-0.25, -0.2) is 13.4 Å². The summed E-state index contributed by atoms with van der Waals surface area (Å²) in [5, 5.41) is 13.1. The van der Waals surface area contributed by atoms with Gasteiger partial charge in [0.1, 0.15) is 17.3 Å². The SMILES string of the molecule is CS(=O)(=O)c1cccnc1NCC(=O)NCC(=O)O. The predicted molar refractivity (Wildman–Crippen MR) is 66.5 cm³/mol. The van der Waals surface area contributed by atoms with Crippen LogP contribution in [0.15, 0.2) is 23.2 Å². The molecule has 0 aromatic carbocycles. The van der Waals surface area contributed by atoms with Gasteiger partial charge in [0.15, 0.2) is 9.84 Å². The Kier molecular flexibility index (Phi) is 4.81. The van der Waals surface area contributed by atoms with E-state index >= 15 is 0 Å². The number of nitrogens with one attached hydrogen (secondary N) is 2. The third-order valence-corrected chi connectivity index (χ3v) is 3.15. The van der Waals surface area contributed by atoms with Gasteiger partial charge in [0.2, 0.25) is 5.91 Å². The van der Waals surface area contributed by atoms with Crippen molar-refractivity contribution >= 4 is 27.5 Å². The van der Waals surface area contributed by atoms with Crippen LogP contribution in [-0.2, 0) is 19.4 Å². The number of sulfone groups is 1. The zero-order valence-electron chi connectivity index (χ0n) is 10.1. The zero-order chi connectivity index (χ0) is 14.5. The van der Waals surface area contributed by atoms with E-state index in [0.717, 1.165) is 6.26 Å². The molecule has 1 amide bonds. The van der Waals surface area contributed by atoms with E-state index in [0.29, 0.717) is 0 Å². The lowest BCUT2D eigenvalue weighted by atomic mass is 10.4. The van der Waals surface area contributed by atoms with E-state index in [1.165, 1.54) is 18.3 Å². The quantitative estimate of drug-likeness (QED) is 0.619. The maximum atomic E-state index is 11.5. The molecule has 0 aliphatic carbocycles. The van der Waals surface area contributed by atoms with Crippen molar-refractivity contribution in [3.05, 3.63) is 18.3 Å². The predicted octanol–water partition coefficient (Wildman–Crippen LogP) is -0.902. The normalized spacial score (nSPS) is 10.8. The van der Waals surface area contributed by atoms with E-state index in [9.17, 15) is 18.0 Å². The second-order valence-corrected chi connectivity index (χ2v) is 5.63. The van der Waals surface area contributed by atoms with Crippen LogP contribution in [0.2, 0.25) is 0 Å². The molecule has 0 spiro atoms. The topological polar surface area (TPSA) is 125 Å². The number of nitrogens with zero attached hydrogens (tertiary/aromatic N) is 1. The Hall–Kier alpha value is -2.16. The highest BCUT2D eigenvalue weighted by molar-refractivity contribution is 7.90. The van der Waals surface area contributed by atoms with Gasteiger partial charge in [0.25, 0.3) is 0 Å². The minimum absolute atomic E-state index is 0.0268. The number of anilines is 1. The molecule has 3 N–H and O–H groups in total. The summed E-state index contributed by atoms with van der Waals surface area (Å²) < 4.78 is 22.9. The minimum atomic E-state index is -3.46. The summed E-state index contributed by atoms with van der Waals surface area (Å²) in [6.45, 7) is -0.769. The van der Waals surface area contributed by atoms with Crippen molar-refractivity contribution in [2.24, 2.45) is 0 Å². The van der Waals surface area contributed by atoms with Crippen molar-refractivity contribution < 1.29 is 23.1 Å². The molecule has 8 nitrogen and oxygen atoms in total. The maximum absolute atomic E-state index is 11.5. The largest absolute Gasteiger partial charge is 0.480 e. The first kappa shape index (κ1) is 14.9. The van der Waals surface area contributed by atoms with Crippen LogP contribution in [0.1, 0.15) is 0 Å². The number of hydrogen-bond acceptors (Lipinski definition) is 6. The van der Waals surface area contributed by atoms with Gasteiger partial charge < -0.3 is 15.7 Å². The van der Waals surface area contributed by atoms with Crippen molar-refractivity contribution in [2.45, 2.75) is 4.90 Å². The number of hydrogen-bond donors (Lipinski definition) is 3. The molecule has 0 unspecified atom stereocenters. The molecule has 0 saturated carbocycles. The lowest BCUT2D eigenvalue weighted by Crippen LogP contribution is -2.34. The molecule has 19 heavy (non-hydrogen) atoms. The highest BCUT2D eigenvalue weighted by Gasteiger charge is 2.14. The average molecular weight is 287 g/mol. The molecule has 104 valence electrons. The average Bonchev–Trinajstić information content (AvgIpc) is 2.33. The number of carbonyl (C=O) groups is 2. The van der Waals surface area contributed by atoms with E-state index in [2.05, 4.69) is 15.6 Å². The number of carbonyl (C=O) groups excluding carboxylic acids is 1. The summed E-state index contributed by atoms with van der Waals surface area (Å²) in [7, 11) is -3.46. The van der Waals surface area contributed by atoms with Crippen molar-refractivity contribution in [2.75, 3.05) is 24.7 Å². The third kappa shape index (κ3) is 4.92. The monoisotopic (exact) mass is 287 g/mol. The number of carboxylic acids is 1. The molecule has 1 heterocycles. The van der Waals surface area contributed by atoms with Crippen molar-refractivity contribution in [3.63, 3.8) is 0 Å². The van der Waals surface area contributed by atoms with Gasteiger partial charge in [0, 0.05) is 12.5 Å². The van der Waals surface area contributed by atoms with E-state index in [4.69, 9.17) is 5.11 Å². The Morgan fingerprint density at radius 3 is 2.63 bits per heavy atom. The molecular weight excluding hydrogens is 274 g/mol. The Labute approximate surface area is 109 Å². The fourth-order valence-electron chi connectivity index (χ4n) is 1.22. The van der Waals surface area contributed by atoms with Gasteiger partial charge >= 0.3 is 5.97 Å². The molecule has 1 aromatic heterocycles. The van der Waals surface area contributed by atoms with Crippen LogP contribution in [0.25, 0.3) is 0 Å². The van der Waals surface area contributed by atoms with Crippen LogP contribution in [0.5, 0.6) is 0 Å². The number of carboxylic acid groups (broad SMARTS) is 1. The van der Waals surface area contributed by atoms with Gasteiger partial charge in [-0.1, -0.05) is 0 Å². The number of rotatable bonds is 6. The lowest BCUT2D eigenvalue weighted by molar-refractivity contribution is -0.137. The Morgan fingerprint density at radius 1 is 1.37 bits per heavy atom. The third-order valence-electron chi connectivity index (χ3n) is 2.02. The summed E-state index contributed by atoms with van der Waals surface area (Å²) in [6.07, 6.45) is 2.41. The van der Waals surface area contributed by atoms with Crippen LogP contribution in [0.4, 0.5) is 5.82 Å². The molecule has 0 radical (unpaired) electrons. The molecule has 1 aromatic rings. The van der Waals surface area contributed by atoms with Gasteiger partial charge in [0.05, 0.1) is 6.54 Å². The first-order chi connectivity index (χ1) is 8.80. The Morgan fingerprint density at radius 2 is 2.05 bits per heavy atom. The smallest absolute Gasteiger partial charge is 0.322 e. The summed E-state index contributed by atoms with van der Waals surface area (Å²) in [5.74, 6) is -1.69. The molecule has 0 aliphatic rings. The van der Waals surface area contributed by atoms with Crippen molar-refractivity contribution in [1.29, 1.82) is 0 Å². The summed E-state index contributed by atoms with van der Waals surface area (Å²) >= 11 is 0. The number of amides is 1. The van der Waals surface area contributed by atoms with Crippen LogP contribution in [0.3, 0.4) is 0 Å². The fraction of sp³-hybridized carbons (Fsp3) is 0.300. The fourth-order valence-corrected chi connectivity index (χ4v) is 2.03. The van der Waals surface area contributed by atoms with Crippen LogP contribution < -0.4 is 10.6 Å². The second-order valence-electron chi connectivity index (χ2n) is 3.65. The highest BCUT2D eigenvalue weighted by atomic mass is 32.2. The van der Waals surface area contributed by atoms with Gasteiger partial charge in [-0.2, -0.15) is 0 Å². The van der Waals surface area contributed by atoms with Crippen molar-refractivity contribution in [3.8, 4) is 0 Å². The van der Waals surface area contributed by atoms with Gasteiger partial charge in [-0.05, 0) is 12.1 Å². The maximum Gasteiger partial charge on any atom is 0.322 e. The van der Waals surface area contributed by atoms with Gasteiger partial charge in [-0.15, -0.1) is 0 Å². The van der Waals surface area contributed by atoms with E-state index in [1.54, 1.807) is 0 Å².